The van der Waals surface area contributed by atoms with Crippen LogP contribution in [-0.2, 0) is 10.0 Å². The van der Waals surface area contributed by atoms with E-state index < -0.39 is 10.0 Å². The largest absolute Gasteiger partial charge is 0.497 e. The quantitative estimate of drug-likeness (QED) is 0.903. The maximum Gasteiger partial charge on any atom is 0.209 e. The van der Waals surface area contributed by atoms with E-state index in [2.05, 4.69) is 9.62 Å². The Labute approximate surface area is 114 Å². The van der Waals surface area contributed by atoms with E-state index in [-0.39, 0.29) is 6.04 Å². The summed E-state index contributed by atoms with van der Waals surface area (Å²) in [6, 6.07) is 7.82. The van der Waals surface area contributed by atoms with Crippen molar-refractivity contribution in [3.8, 4) is 5.75 Å². The van der Waals surface area contributed by atoms with E-state index >= 15 is 0 Å². The Bertz CT molecular complexity index is 530. The van der Waals surface area contributed by atoms with Crippen molar-refractivity contribution in [1.82, 2.24) is 4.72 Å². The number of piperidine rings is 1. The first kappa shape index (κ1) is 14.1. The van der Waals surface area contributed by atoms with Crippen molar-refractivity contribution in [3.63, 3.8) is 0 Å². The number of ether oxygens (including phenoxy) is 1. The summed E-state index contributed by atoms with van der Waals surface area (Å²) in [6.07, 6.45) is 3.06. The molecule has 1 N–H and O–H groups in total. The van der Waals surface area contributed by atoms with Crippen LogP contribution in [0.3, 0.4) is 0 Å². The third kappa shape index (κ3) is 4.11. The van der Waals surface area contributed by atoms with Crippen LogP contribution < -0.4 is 14.4 Å². The van der Waals surface area contributed by atoms with Gasteiger partial charge in [0.2, 0.25) is 10.0 Å². The van der Waals surface area contributed by atoms with Gasteiger partial charge >= 0.3 is 0 Å². The van der Waals surface area contributed by atoms with Gasteiger partial charge in [0.25, 0.3) is 0 Å². The van der Waals surface area contributed by atoms with E-state index in [1.165, 1.54) is 6.26 Å². The van der Waals surface area contributed by atoms with Gasteiger partial charge in [0.15, 0.2) is 0 Å². The Morgan fingerprint density at radius 3 is 2.89 bits per heavy atom. The molecule has 1 heterocycles. The molecule has 0 aliphatic carbocycles. The molecule has 0 amide bonds. The average Bonchev–Trinajstić information content (AvgIpc) is 2.37. The molecule has 1 atom stereocenters. The molecule has 106 valence electrons. The van der Waals surface area contributed by atoms with E-state index in [0.717, 1.165) is 30.8 Å². The van der Waals surface area contributed by atoms with Crippen LogP contribution in [0.5, 0.6) is 5.75 Å². The molecule has 1 aliphatic rings. The predicted octanol–water partition coefficient (Wildman–Crippen LogP) is 1.21. The second-order valence-corrected chi connectivity index (χ2v) is 6.66. The first-order valence-electron chi connectivity index (χ1n) is 6.34. The number of sulfonamides is 1. The van der Waals surface area contributed by atoms with Crippen LogP contribution in [0.15, 0.2) is 24.3 Å². The predicted molar refractivity (Wildman–Crippen MR) is 76.2 cm³/mol. The van der Waals surface area contributed by atoms with Gasteiger partial charge in [-0.05, 0) is 25.0 Å². The van der Waals surface area contributed by atoms with Gasteiger partial charge in [-0.1, -0.05) is 6.07 Å². The van der Waals surface area contributed by atoms with Crippen LogP contribution in [0.1, 0.15) is 12.8 Å². The van der Waals surface area contributed by atoms with Crippen LogP contribution in [0.2, 0.25) is 0 Å². The highest BCUT2D eigenvalue weighted by molar-refractivity contribution is 7.88. The highest BCUT2D eigenvalue weighted by Crippen LogP contribution is 2.24. The van der Waals surface area contributed by atoms with Gasteiger partial charge in [0, 0.05) is 30.9 Å². The van der Waals surface area contributed by atoms with Crippen molar-refractivity contribution in [1.29, 1.82) is 0 Å². The Balaban J connectivity index is 2.08. The fourth-order valence-corrected chi connectivity index (χ4v) is 3.22. The van der Waals surface area contributed by atoms with E-state index in [0.29, 0.717) is 6.54 Å². The second-order valence-electron chi connectivity index (χ2n) is 4.88. The van der Waals surface area contributed by atoms with Gasteiger partial charge in [0.05, 0.1) is 13.4 Å². The molecule has 1 aromatic rings. The number of methoxy groups -OCH3 is 1. The molecule has 19 heavy (non-hydrogen) atoms. The number of rotatable bonds is 4. The van der Waals surface area contributed by atoms with Gasteiger partial charge < -0.3 is 9.64 Å². The van der Waals surface area contributed by atoms with Gasteiger partial charge in [0.1, 0.15) is 5.75 Å². The van der Waals surface area contributed by atoms with Gasteiger partial charge in [-0.3, -0.25) is 0 Å². The summed E-state index contributed by atoms with van der Waals surface area (Å²) in [7, 11) is -1.50. The van der Waals surface area contributed by atoms with Crippen molar-refractivity contribution in [2.24, 2.45) is 0 Å². The van der Waals surface area contributed by atoms with Crippen molar-refractivity contribution < 1.29 is 13.2 Å². The van der Waals surface area contributed by atoms with Gasteiger partial charge in [-0.2, -0.15) is 0 Å². The second kappa shape index (κ2) is 5.79. The van der Waals surface area contributed by atoms with Crippen molar-refractivity contribution in [2.45, 2.75) is 18.9 Å². The van der Waals surface area contributed by atoms with Crippen LogP contribution in [-0.4, -0.2) is 40.9 Å². The van der Waals surface area contributed by atoms with E-state index in [1.807, 2.05) is 24.3 Å². The maximum absolute atomic E-state index is 11.3. The van der Waals surface area contributed by atoms with Crippen molar-refractivity contribution >= 4 is 15.7 Å². The zero-order chi connectivity index (χ0) is 13.9. The minimum Gasteiger partial charge on any atom is -0.497 e. The molecule has 1 aliphatic heterocycles. The number of hydrogen-bond donors (Lipinski definition) is 1. The zero-order valence-electron chi connectivity index (χ0n) is 11.3. The number of anilines is 1. The number of hydrogen-bond acceptors (Lipinski definition) is 4. The van der Waals surface area contributed by atoms with Gasteiger partial charge in [-0.15, -0.1) is 0 Å². The van der Waals surface area contributed by atoms with Crippen LogP contribution in [0.4, 0.5) is 5.69 Å². The highest BCUT2D eigenvalue weighted by Gasteiger charge is 2.22. The standard InChI is InChI=1S/C13H20N2O3S/c1-18-13-7-3-6-12(9-13)15-8-4-5-11(10-15)14-19(2,16)17/h3,6-7,9,11,14H,4-5,8,10H2,1-2H3. The molecule has 1 unspecified atom stereocenters. The van der Waals surface area contributed by atoms with Crippen LogP contribution in [0.25, 0.3) is 0 Å². The smallest absolute Gasteiger partial charge is 0.209 e. The van der Waals surface area contributed by atoms with Crippen LogP contribution in [0, 0.1) is 0 Å². The molecule has 0 aromatic heterocycles. The highest BCUT2D eigenvalue weighted by atomic mass is 32.2. The first-order chi connectivity index (χ1) is 8.98. The molecular formula is C13H20N2O3S. The average molecular weight is 284 g/mol. The molecule has 5 nitrogen and oxygen atoms in total. The summed E-state index contributed by atoms with van der Waals surface area (Å²) in [4.78, 5) is 2.19. The Morgan fingerprint density at radius 1 is 1.42 bits per heavy atom. The lowest BCUT2D eigenvalue weighted by Gasteiger charge is -2.34. The molecular weight excluding hydrogens is 264 g/mol. The Morgan fingerprint density at radius 2 is 2.21 bits per heavy atom. The molecule has 1 saturated heterocycles. The van der Waals surface area contributed by atoms with Crippen molar-refractivity contribution in [3.05, 3.63) is 24.3 Å². The molecule has 6 heteroatoms. The summed E-state index contributed by atoms with van der Waals surface area (Å²) >= 11 is 0. The molecule has 0 spiro atoms. The Hall–Kier alpha value is -1.27. The topological polar surface area (TPSA) is 58.6 Å². The van der Waals surface area contributed by atoms with Crippen LogP contribution >= 0.6 is 0 Å². The fourth-order valence-electron chi connectivity index (χ4n) is 2.42. The monoisotopic (exact) mass is 284 g/mol. The minimum atomic E-state index is -3.14. The molecule has 0 bridgehead atoms. The molecule has 0 saturated carbocycles. The first-order valence-corrected chi connectivity index (χ1v) is 8.23. The SMILES string of the molecule is COc1cccc(N2CCCC(NS(C)(=O)=O)C2)c1. The lowest BCUT2D eigenvalue weighted by Crippen LogP contribution is -2.47. The molecule has 0 radical (unpaired) electrons. The Kier molecular flexibility index (Phi) is 4.31. The normalized spacial score (nSPS) is 20.3. The number of nitrogens with zero attached hydrogens (tertiary/aromatic N) is 1. The zero-order valence-corrected chi connectivity index (χ0v) is 12.1. The summed E-state index contributed by atoms with van der Waals surface area (Å²) < 4.78 is 30.5. The van der Waals surface area contributed by atoms with E-state index in [4.69, 9.17) is 4.74 Å². The molecule has 1 fully saturated rings. The number of nitrogens with one attached hydrogen (secondary N) is 1. The van der Waals surface area contributed by atoms with E-state index in [9.17, 15) is 8.42 Å². The minimum absolute atomic E-state index is 0.0186. The van der Waals surface area contributed by atoms with E-state index in [1.54, 1.807) is 7.11 Å². The fraction of sp³-hybridized carbons (Fsp3) is 0.538. The summed E-state index contributed by atoms with van der Waals surface area (Å²) in [5, 5.41) is 0. The third-order valence-corrected chi connectivity index (χ3v) is 3.98. The lowest BCUT2D eigenvalue weighted by molar-refractivity contribution is 0.414. The van der Waals surface area contributed by atoms with Gasteiger partial charge in [-0.25, -0.2) is 13.1 Å². The van der Waals surface area contributed by atoms with Crippen molar-refractivity contribution in [2.75, 3.05) is 31.4 Å². The summed E-state index contributed by atoms with van der Waals surface area (Å²) in [5.74, 6) is 0.815. The third-order valence-electron chi connectivity index (χ3n) is 3.22. The molecule has 2 rings (SSSR count). The maximum atomic E-state index is 11.3. The lowest BCUT2D eigenvalue weighted by atomic mass is 10.1. The summed E-state index contributed by atoms with van der Waals surface area (Å²) in [6.45, 7) is 1.63. The molecule has 1 aromatic carbocycles. The number of benzene rings is 1. The summed E-state index contributed by atoms with van der Waals surface area (Å²) in [5.41, 5.74) is 1.07.